The summed E-state index contributed by atoms with van der Waals surface area (Å²) in [5.74, 6) is 0. The van der Waals surface area contributed by atoms with Crippen LogP contribution in [0.5, 0.6) is 0 Å². The molecule has 0 unspecified atom stereocenters. The minimum absolute atomic E-state index is 0.978. The van der Waals surface area contributed by atoms with Crippen LogP contribution in [0.25, 0.3) is 83.0 Å². The van der Waals surface area contributed by atoms with Gasteiger partial charge in [0.15, 0.2) is 0 Å². The van der Waals surface area contributed by atoms with Gasteiger partial charge in [0.1, 0.15) is 0 Å². The summed E-state index contributed by atoms with van der Waals surface area (Å²) in [6.45, 7) is 0. The van der Waals surface area contributed by atoms with E-state index in [0.29, 0.717) is 0 Å². The Bertz CT molecular complexity index is 2520. The minimum Gasteiger partial charge on any atom is -0.309 e. The predicted octanol–water partition coefficient (Wildman–Crippen LogP) is 11.4. The number of benzene rings is 6. The molecule has 0 aliphatic heterocycles. The van der Waals surface area contributed by atoms with Gasteiger partial charge in [-0.1, -0.05) is 115 Å². The molecule has 0 aliphatic carbocycles. The van der Waals surface area contributed by atoms with Crippen LogP contribution in [0.2, 0.25) is 0 Å². The van der Waals surface area contributed by atoms with E-state index in [0.717, 1.165) is 28.2 Å². The quantitative estimate of drug-likeness (QED) is 0.197. The normalized spacial score (nSPS) is 11.4. The molecule has 0 radical (unpaired) electrons. The van der Waals surface area contributed by atoms with Gasteiger partial charge in [0.2, 0.25) is 0 Å². The van der Waals surface area contributed by atoms with Gasteiger partial charge in [-0.25, -0.2) is 0 Å². The zero-order valence-electron chi connectivity index (χ0n) is 25.6. The Morgan fingerprint density at radius 1 is 0.362 bits per heavy atom. The second-order valence-corrected chi connectivity index (χ2v) is 11.9. The maximum Gasteiger partial charge on any atom is 0.0701 e. The van der Waals surface area contributed by atoms with Crippen molar-refractivity contribution in [2.24, 2.45) is 0 Å². The lowest BCUT2D eigenvalue weighted by Crippen LogP contribution is -1.94. The SMILES string of the molecule is c1ccc(-n2c3cc(-c4ccc(-c5ccccn5)cc4)ccc3c3c4ccccc4c(-c4ccc(-c5ccccn5)cc4)cc32)cc1. The molecule has 47 heavy (non-hydrogen) atoms. The fraction of sp³-hybridized carbons (Fsp3) is 0. The maximum atomic E-state index is 4.55. The Hall–Kier alpha value is -6.32. The van der Waals surface area contributed by atoms with Crippen LogP contribution < -0.4 is 0 Å². The molecule has 220 valence electrons. The molecule has 0 bridgehead atoms. The highest BCUT2D eigenvalue weighted by molar-refractivity contribution is 6.24. The first-order chi connectivity index (χ1) is 23.3. The van der Waals surface area contributed by atoms with E-state index in [1.807, 2.05) is 42.7 Å². The number of fused-ring (bicyclic) bond motifs is 5. The van der Waals surface area contributed by atoms with E-state index in [2.05, 4.69) is 148 Å². The first kappa shape index (κ1) is 27.0. The van der Waals surface area contributed by atoms with Gasteiger partial charge in [-0.2, -0.15) is 0 Å². The predicted molar refractivity (Wildman–Crippen MR) is 196 cm³/mol. The van der Waals surface area contributed by atoms with E-state index in [-0.39, 0.29) is 0 Å². The number of hydrogen-bond donors (Lipinski definition) is 0. The largest absolute Gasteiger partial charge is 0.309 e. The lowest BCUT2D eigenvalue weighted by Gasteiger charge is -2.13. The van der Waals surface area contributed by atoms with Crippen molar-refractivity contribution in [1.29, 1.82) is 0 Å². The van der Waals surface area contributed by atoms with E-state index in [1.165, 1.54) is 54.8 Å². The van der Waals surface area contributed by atoms with Gasteiger partial charge in [-0.05, 0) is 81.6 Å². The number of hydrogen-bond acceptors (Lipinski definition) is 2. The van der Waals surface area contributed by atoms with Crippen molar-refractivity contribution in [3.8, 4) is 50.5 Å². The van der Waals surface area contributed by atoms with Gasteiger partial charge in [-0.3, -0.25) is 9.97 Å². The van der Waals surface area contributed by atoms with Crippen molar-refractivity contribution >= 4 is 32.6 Å². The molecule has 0 spiro atoms. The number of aromatic nitrogens is 3. The topological polar surface area (TPSA) is 30.7 Å². The second kappa shape index (κ2) is 11.2. The van der Waals surface area contributed by atoms with Crippen molar-refractivity contribution < 1.29 is 0 Å². The van der Waals surface area contributed by atoms with Gasteiger partial charge in [0.25, 0.3) is 0 Å². The third-order valence-electron chi connectivity index (χ3n) is 9.12. The monoisotopic (exact) mass is 599 g/mol. The van der Waals surface area contributed by atoms with Gasteiger partial charge in [0.05, 0.1) is 22.4 Å². The molecule has 0 atom stereocenters. The molecular weight excluding hydrogens is 571 g/mol. The molecule has 6 aromatic carbocycles. The van der Waals surface area contributed by atoms with E-state index in [4.69, 9.17) is 0 Å². The number of pyridine rings is 2. The van der Waals surface area contributed by atoms with Crippen molar-refractivity contribution in [2.45, 2.75) is 0 Å². The molecule has 9 aromatic rings. The molecule has 3 heterocycles. The van der Waals surface area contributed by atoms with Gasteiger partial charge < -0.3 is 4.57 Å². The van der Waals surface area contributed by atoms with Crippen molar-refractivity contribution in [2.75, 3.05) is 0 Å². The highest BCUT2D eigenvalue weighted by Gasteiger charge is 2.19. The average molecular weight is 600 g/mol. The number of rotatable bonds is 5. The summed E-state index contributed by atoms with van der Waals surface area (Å²) in [6, 6.07) is 58.4. The molecule has 0 fully saturated rings. The van der Waals surface area contributed by atoms with Crippen LogP contribution >= 0.6 is 0 Å². The van der Waals surface area contributed by atoms with E-state index in [9.17, 15) is 0 Å². The summed E-state index contributed by atoms with van der Waals surface area (Å²) in [5.41, 5.74) is 12.4. The van der Waals surface area contributed by atoms with E-state index >= 15 is 0 Å². The molecule has 0 N–H and O–H groups in total. The van der Waals surface area contributed by atoms with Crippen LogP contribution in [-0.2, 0) is 0 Å². The van der Waals surface area contributed by atoms with Crippen molar-refractivity contribution in [3.05, 3.63) is 176 Å². The van der Waals surface area contributed by atoms with Crippen molar-refractivity contribution in [1.82, 2.24) is 14.5 Å². The van der Waals surface area contributed by atoms with Crippen LogP contribution in [-0.4, -0.2) is 14.5 Å². The first-order valence-corrected chi connectivity index (χ1v) is 15.9. The highest BCUT2D eigenvalue weighted by Crippen LogP contribution is 2.42. The average Bonchev–Trinajstić information content (AvgIpc) is 3.49. The smallest absolute Gasteiger partial charge is 0.0701 e. The zero-order chi connectivity index (χ0) is 31.2. The van der Waals surface area contributed by atoms with E-state index < -0.39 is 0 Å². The summed E-state index contributed by atoms with van der Waals surface area (Å²) < 4.78 is 2.43. The molecule has 9 rings (SSSR count). The Balaban J connectivity index is 1.26. The number of nitrogens with zero attached hydrogens (tertiary/aromatic N) is 3. The summed E-state index contributed by atoms with van der Waals surface area (Å²) in [5, 5.41) is 5.00. The van der Waals surface area contributed by atoms with Gasteiger partial charge in [0, 0.05) is 40.0 Å². The molecule has 0 aliphatic rings. The van der Waals surface area contributed by atoms with E-state index in [1.54, 1.807) is 0 Å². The molecule has 0 saturated heterocycles. The third-order valence-corrected chi connectivity index (χ3v) is 9.12. The lowest BCUT2D eigenvalue weighted by atomic mass is 9.93. The molecular formula is C44H29N3. The Kier molecular flexibility index (Phi) is 6.46. The zero-order valence-corrected chi connectivity index (χ0v) is 25.6. The highest BCUT2D eigenvalue weighted by atomic mass is 15.0. The molecule has 3 aromatic heterocycles. The molecule has 0 saturated carbocycles. The number of para-hydroxylation sites is 1. The maximum absolute atomic E-state index is 4.55. The van der Waals surface area contributed by atoms with Crippen LogP contribution in [0, 0.1) is 0 Å². The standard InChI is InChI=1S/C44H29N3/c1-2-10-35(11-3-1)47-42-28-34(30-16-20-32(21-17-30)40-14-6-8-26-45-40)24-25-38(42)44-37-13-5-4-12-36(37)39(29-43(44)47)31-18-22-33(23-19-31)41-15-7-9-27-46-41/h1-29H. The first-order valence-electron chi connectivity index (χ1n) is 15.9. The summed E-state index contributed by atoms with van der Waals surface area (Å²) in [7, 11) is 0. The fourth-order valence-corrected chi connectivity index (χ4v) is 6.87. The molecule has 3 heteroatoms. The lowest BCUT2D eigenvalue weighted by molar-refractivity contribution is 1.18. The van der Waals surface area contributed by atoms with Crippen LogP contribution in [0.3, 0.4) is 0 Å². The van der Waals surface area contributed by atoms with Gasteiger partial charge in [-0.15, -0.1) is 0 Å². The van der Waals surface area contributed by atoms with Crippen molar-refractivity contribution in [3.63, 3.8) is 0 Å². The van der Waals surface area contributed by atoms with Crippen LogP contribution in [0.1, 0.15) is 0 Å². The Morgan fingerprint density at radius 2 is 0.915 bits per heavy atom. The van der Waals surface area contributed by atoms with Crippen LogP contribution in [0.4, 0.5) is 0 Å². The summed E-state index contributed by atoms with van der Waals surface area (Å²) in [6.07, 6.45) is 3.68. The summed E-state index contributed by atoms with van der Waals surface area (Å²) >= 11 is 0. The third kappa shape index (κ3) is 4.68. The van der Waals surface area contributed by atoms with Crippen LogP contribution in [0.15, 0.2) is 176 Å². The Labute approximate surface area is 273 Å². The van der Waals surface area contributed by atoms with Gasteiger partial charge >= 0.3 is 0 Å². The minimum atomic E-state index is 0.978. The summed E-state index contributed by atoms with van der Waals surface area (Å²) in [4.78, 5) is 9.08. The molecule has 0 amide bonds. The second-order valence-electron chi connectivity index (χ2n) is 11.9. The molecule has 3 nitrogen and oxygen atoms in total. The Morgan fingerprint density at radius 3 is 1.55 bits per heavy atom. The fourth-order valence-electron chi connectivity index (χ4n) is 6.87.